The molecule has 0 saturated carbocycles. The highest BCUT2D eigenvalue weighted by atomic mass is 32.2. The molecule has 0 unspecified atom stereocenters. The van der Waals surface area contributed by atoms with Gasteiger partial charge in [0.15, 0.2) is 15.6 Å². The van der Waals surface area contributed by atoms with Gasteiger partial charge in [0.25, 0.3) is 5.91 Å². The topological polar surface area (TPSA) is 101 Å². The van der Waals surface area contributed by atoms with E-state index in [-0.39, 0.29) is 17.2 Å². The maximum atomic E-state index is 13.1. The SMILES string of the molecule is Cc1cc(C)c(C(=O)CN2C(=O)N[C@](C)(c3ccc(S(C)(=O)=O)cc3)C2=O)cc1C. The van der Waals surface area contributed by atoms with Gasteiger partial charge in [-0.05, 0) is 68.1 Å². The first-order chi connectivity index (χ1) is 13.8. The van der Waals surface area contributed by atoms with Crippen LogP contribution in [0.2, 0.25) is 0 Å². The predicted octanol–water partition coefficient (Wildman–Crippen LogP) is 2.67. The number of carbonyl (C=O) groups is 3. The molecule has 3 amide bonds. The van der Waals surface area contributed by atoms with Gasteiger partial charge in [-0.3, -0.25) is 14.5 Å². The van der Waals surface area contributed by atoms with E-state index < -0.39 is 27.3 Å². The van der Waals surface area contributed by atoms with Crippen LogP contribution in [0.3, 0.4) is 0 Å². The number of nitrogens with zero attached hydrogens (tertiary/aromatic N) is 1. The molecule has 3 rings (SSSR count). The third-order valence-corrected chi connectivity index (χ3v) is 6.71. The average molecular weight is 429 g/mol. The van der Waals surface area contributed by atoms with Crippen LogP contribution in [0, 0.1) is 20.8 Å². The van der Waals surface area contributed by atoms with Crippen molar-refractivity contribution in [1.29, 1.82) is 0 Å². The van der Waals surface area contributed by atoms with Gasteiger partial charge in [-0.1, -0.05) is 18.2 Å². The zero-order chi connectivity index (χ0) is 22.4. The molecule has 1 saturated heterocycles. The molecule has 0 bridgehead atoms. The molecule has 1 N–H and O–H groups in total. The molecule has 1 aliphatic rings. The van der Waals surface area contributed by atoms with Crippen molar-refractivity contribution in [3.05, 3.63) is 64.2 Å². The van der Waals surface area contributed by atoms with Crippen molar-refractivity contribution < 1.29 is 22.8 Å². The number of ketones is 1. The van der Waals surface area contributed by atoms with Crippen molar-refractivity contribution >= 4 is 27.6 Å². The quantitative estimate of drug-likeness (QED) is 0.583. The number of hydrogen-bond donors (Lipinski definition) is 1. The zero-order valence-corrected chi connectivity index (χ0v) is 18.4. The molecule has 1 aliphatic heterocycles. The Kier molecular flexibility index (Phi) is 5.32. The summed E-state index contributed by atoms with van der Waals surface area (Å²) < 4.78 is 23.3. The number of amides is 3. The Balaban J connectivity index is 1.87. The van der Waals surface area contributed by atoms with Gasteiger partial charge in [0.05, 0.1) is 11.4 Å². The van der Waals surface area contributed by atoms with E-state index in [4.69, 9.17) is 0 Å². The Morgan fingerprint density at radius 3 is 2.13 bits per heavy atom. The smallest absolute Gasteiger partial charge is 0.319 e. The van der Waals surface area contributed by atoms with Crippen LogP contribution in [0.1, 0.15) is 39.5 Å². The molecule has 2 aromatic carbocycles. The van der Waals surface area contributed by atoms with Crippen LogP contribution < -0.4 is 5.32 Å². The zero-order valence-electron chi connectivity index (χ0n) is 17.6. The number of rotatable bonds is 5. The molecule has 0 aromatic heterocycles. The molecule has 0 spiro atoms. The van der Waals surface area contributed by atoms with Gasteiger partial charge in [-0.2, -0.15) is 0 Å². The largest absolute Gasteiger partial charge is 0.325 e. The number of aryl methyl sites for hydroxylation is 3. The van der Waals surface area contributed by atoms with Crippen molar-refractivity contribution in [2.75, 3.05) is 12.8 Å². The third kappa shape index (κ3) is 3.75. The van der Waals surface area contributed by atoms with Gasteiger partial charge in [-0.15, -0.1) is 0 Å². The number of carbonyl (C=O) groups excluding carboxylic acids is 3. The maximum absolute atomic E-state index is 13.1. The molecule has 0 aliphatic carbocycles. The van der Waals surface area contributed by atoms with Crippen molar-refractivity contribution in [1.82, 2.24) is 10.2 Å². The van der Waals surface area contributed by atoms with E-state index >= 15 is 0 Å². The lowest BCUT2D eigenvalue weighted by molar-refractivity contribution is -0.130. The Bertz CT molecular complexity index is 1170. The molecule has 0 radical (unpaired) electrons. The Morgan fingerprint density at radius 2 is 1.57 bits per heavy atom. The minimum atomic E-state index is -3.38. The van der Waals surface area contributed by atoms with Crippen molar-refractivity contribution in [2.45, 2.75) is 38.1 Å². The fraction of sp³-hybridized carbons (Fsp3) is 0.318. The molecule has 1 atom stereocenters. The van der Waals surface area contributed by atoms with Gasteiger partial charge in [-0.25, -0.2) is 13.2 Å². The first-order valence-corrected chi connectivity index (χ1v) is 11.3. The molecule has 8 heteroatoms. The van der Waals surface area contributed by atoms with Gasteiger partial charge in [0, 0.05) is 11.8 Å². The number of hydrogen-bond acceptors (Lipinski definition) is 5. The van der Waals surface area contributed by atoms with E-state index in [0.29, 0.717) is 11.1 Å². The molecular weight excluding hydrogens is 404 g/mol. The lowest BCUT2D eigenvalue weighted by Gasteiger charge is -2.22. The van der Waals surface area contributed by atoms with E-state index in [9.17, 15) is 22.8 Å². The first kappa shape index (κ1) is 21.7. The molecule has 2 aromatic rings. The minimum Gasteiger partial charge on any atom is -0.319 e. The summed E-state index contributed by atoms with van der Waals surface area (Å²) in [7, 11) is -3.38. The van der Waals surface area contributed by atoms with Crippen LogP contribution in [0.15, 0.2) is 41.3 Å². The average Bonchev–Trinajstić information content (AvgIpc) is 2.88. The molecule has 30 heavy (non-hydrogen) atoms. The summed E-state index contributed by atoms with van der Waals surface area (Å²) in [5, 5.41) is 2.63. The molecule has 158 valence electrons. The number of nitrogens with one attached hydrogen (secondary N) is 1. The Hall–Kier alpha value is -3.00. The monoisotopic (exact) mass is 428 g/mol. The number of imide groups is 1. The second-order valence-corrected chi connectivity index (χ2v) is 9.93. The number of Topliss-reactive ketones (excluding diaryl/α,β-unsaturated/α-hetero) is 1. The van der Waals surface area contributed by atoms with E-state index in [1.54, 1.807) is 6.07 Å². The molecular formula is C22H24N2O5S. The normalized spacial score (nSPS) is 19.2. The van der Waals surface area contributed by atoms with Crippen LogP contribution in [-0.2, 0) is 20.2 Å². The standard InChI is InChI=1S/C22H24N2O5S/c1-13-10-15(3)18(11-14(13)2)19(25)12-24-20(26)22(4,23-21(24)27)16-6-8-17(9-7-16)30(5,28)29/h6-11H,12H2,1-5H3,(H,23,27)/t22-/m1/s1. The molecule has 1 fully saturated rings. The van der Waals surface area contributed by atoms with Gasteiger partial charge < -0.3 is 5.32 Å². The fourth-order valence-electron chi connectivity index (χ4n) is 3.56. The Morgan fingerprint density at radius 1 is 1.00 bits per heavy atom. The summed E-state index contributed by atoms with van der Waals surface area (Å²) in [5.74, 6) is -0.884. The van der Waals surface area contributed by atoms with E-state index in [1.807, 2.05) is 26.8 Å². The van der Waals surface area contributed by atoms with Crippen molar-refractivity contribution in [3.63, 3.8) is 0 Å². The van der Waals surface area contributed by atoms with Crippen LogP contribution in [0.4, 0.5) is 4.79 Å². The second-order valence-electron chi connectivity index (χ2n) is 7.92. The lowest BCUT2D eigenvalue weighted by atomic mass is 9.92. The predicted molar refractivity (Wildman–Crippen MR) is 112 cm³/mol. The van der Waals surface area contributed by atoms with Crippen molar-refractivity contribution in [3.8, 4) is 0 Å². The van der Waals surface area contributed by atoms with Gasteiger partial charge in [0.2, 0.25) is 0 Å². The number of urea groups is 1. The third-order valence-electron chi connectivity index (χ3n) is 5.58. The van der Waals surface area contributed by atoms with E-state index in [1.165, 1.54) is 31.2 Å². The van der Waals surface area contributed by atoms with Crippen LogP contribution in [0.5, 0.6) is 0 Å². The first-order valence-electron chi connectivity index (χ1n) is 9.40. The van der Waals surface area contributed by atoms with Gasteiger partial charge in [0.1, 0.15) is 5.54 Å². The van der Waals surface area contributed by atoms with Gasteiger partial charge >= 0.3 is 6.03 Å². The van der Waals surface area contributed by atoms with Crippen molar-refractivity contribution in [2.24, 2.45) is 0 Å². The summed E-state index contributed by atoms with van der Waals surface area (Å²) in [6.45, 7) is 6.84. The van der Waals surface area contributed by atoms with Crippen LogP contribution >= 0.6 is 0 Å². The van der Waals surface area contributed by atoms with Crippen LogP contribution in [-0.4, -0.2) is 43.8 Å². The summed E-state index contributed by atoms with van der Waals surface area (Å²) >= 11 is 0. The highest BCUT2D eigenvalue weighted by Crippen LogP contribution is 2.30. The fourth-order valence-corrected chi connectivity index (χ4v) is 4.19. The van der Waals surface area contributed by atoms with E-state index in [0.717, 1.165) is 27.8 Å². The maximum Gasteiger partial charge on any atom is 0.325 e. The minimum absolute atomic E-state index is 0.115. The summed E-state index contributed by atoms with van der Waals surface area (Å²) in [6, 6.07) is 8.78. The summed E-state index contributed by atoms with van der Waals surface area (Å²) in [4.78, 5) is 39.4. The number of sulfone groups is 1. The summed E-state index contributed by atoms with van der Waals surface area (Å²) in [5.41, 5.74) is 2.33. The highest BCUT2D eigenvalue weighted by Gasteiger charge is 2.49. The van der Waals surface area contributed by atoms with Crippen LogP contribution in [0.25, 0.3) is 0 Å². The molecule has 1 heterocycles. The summed E-state index contributed by atoms with van der Waals surface area (Å²) in [6.07, 6.45) is 1.09. The second kappa shape index (κ2) is 7.36. The van der Waals surface area contributed by atoms with E-state index in [2.05, 4.69) is 5.32 Å². The lowest BCUT2D eigenvalue weighted by Crippen LogP contribution is -2.41. The number of benzene rings is 2. The Labute approximate surface area is 176 Å². The highest BCUT2D eigenvalue weighted by molar-refractivity contribution is 7.90. The molecule has 7 nitrogen and oxygen atoms in total.